The first-order valence-corrected chi connectivity index (χ1v) is 6.60. The van der Waals surface area contributed by atoms with Gasteiger partial charge in [-0.15, -0.1) is 0 Å². The van der Waals surface area contributed by atoms with E-state index in [1.807, 2.05) is 4.90 Å². The van der Waals surface area contributed by atoms with Gasteiger partial charge < -0.3 is 10.1 Å². The van der Waals surface area contributed by atoms with Crippen molar-refractivity contribution < 1.29 is 10.0 Å². The molecule has 2 aliphatic heterocycles. The van der Waals surface area contributed by atoms with E-state index in [0.717, 1.165) is 25.9 Å². The lowest BCUT2D eigenvalue weighted by Gasteiger charge is -2.43. The first kappa shape index (κ1) is 12.8. The van der Waals surface area contributed by atoms with E-state index in [-0.39, 0.29) is 17.2 Å². The predicted molar refractivity (Wildman–Crippen MR) is 65.6 cm³/mol. The van der Waals surface area contributed by atoms with Gasteiger partial charge in [0.15, 0.2) is 0 Å². The number of amides is 1. The molecule has 4 nitrogen and oxygen atoms in total. The van der Waals surface area contributed by atoms with Crippen molar-refractivity contribution >= 4 is 5.91 Å². The molecule has 4 heteroatoms. The maximum Gasteiger partial charge on any atom is 0.227 e. The molecule has 0 saturated carbocycles. The summed E-state index contributed by atoms with van der Waals surface area (Å²) in [6, 6.07) is 0. The summed E-state index contributed by atoms with van der Waals surface area (Å²) >= 11 is 0. The predicted octanol–water partition coefficient (Wildman–Crippen LogP) is 1.59. The van der Waals surface area contributed by atoms with E-state index >= 15 is 0 Å². The second-order valence-electron chi connectivity index (χ2n) is 6.55. The molecule has 2 saturated heterocycles. The van der Waals surface area contributed by atoms with Gasteiger partial charge in [-0.2, -0.15) is 5.06 Å². The second-order valence-corrected chi connectivity index (χ2v) is 6.55. The minimum atomic E-state index is -0.0155. The molecule has 0 aromatic rings. The summed E-state index contributed by atoms with van der Waals surface area (Å²) in [6.45, 7) is 9.54. The normalized spacial score (nSPS) is 31.2. The zero-order chi connectivity index (χ0) is 12.6. The molecule has 1 N–H and O–H groups in total. The van der Waals surface area contributed by atoms with Crippen LogP contribution in [0.1, 0.15) is 33.6 Å². The van der Waals surface area contributed by atoms with Crippen molar-refractivity contribution in [2.24, 2.45) is 17.3 Å². The van der Waals surface area contributed by atoms with Gasteiger partial charge in [-0.05, 0) is 24.2 Å². The second kappa shape index (κ2) is 4.58. The van der Waals surface area contributed by atoms with E-state index in [1.54, 1.807) is 0 Å². The number of hydrogen-bond donors (Lipinski definition) is 1. The van der Waals surface area contributed by atoms with Crippen LogP contribution in [-0.2, 0) is 4.79 Å². The SMILES string of the molecule is CC(C)(C)C1CC(C(=O)N2CCC2)CN(O)C1. The minimum Gasteiger partial charge on any atom is -0.342 e. The van der Waals surface area contributed by atoms with E-state index in [9.17, 15) is 10.0 Å². The lowest BCUT2D eigenvalue weighted by Crippen LogP contribution is -2.52. The topological polar surface area (TPSA) is 43.8 Å². The average Bonchev–Trinajstić information content (AvgIpc) is 2.12. The van der Waals surface area contributed by atoms with E-state index in [2.05, 4.69) is 20.8 Å². The third-order valence-corrected chi connectivity index (χ3v) is 4.17. The van der Waals surface area contributed by atoms with Crippen LogP contribution in [0.3, 0.4) is 0 Å². The van der Waals surface area contributed by atoms with Crippen LogP contribution in [0, 0.1) is 17.3 Å². The van der Waals surface area contributed by atoms with Gasteiger partial charge in [0.2, 0.25) is 5.91 Å². The third-order valence-electron chi connectivity index (χ3n) is 4.17. The Kier molecular flexibility index (Phi) is 3.46. The maximum atomic E-state index is 12.2. The molecule has 0 spiro atoms. The largest absolute Gasteiger partial charge is 0.342 e. The monoisotopic (exact) mass is 240 g/mol. The van der Waals surface area contributed by atoms with Crippen LogP contribution in [0.5, 0.6) is 0 Å². The van der Waals surface area contributed by atoms with Crippen LogP contribution in [0.4, 0.5) is 0 Å². The number of carbonyl (C=O) groups excluding carboxylic acids is 1. The van der Waals surface area contributed by atoms with Crippen LogP contribution in [0.25, 0.3) is 0 Å². The zero-order valence-electron chi connectivity index (χ0n) is 11.1. The molecule has 2 rings (SSSR count). The van der Waals surface area contributed by atoms with Gasteiger partial charge in [-0.25, -0.2) is 0 Å². The highest BCUT2D eigenvalue weighted by Crippen LogP contribution is 2.35. The lowest BCUT2D eigenvalue weighted by atomic mass is 9.73. The number of hydrogen-bond acceptors (Lipinski definition) is 3. The van der Waals surface area contributed by atoms with Crippen LogP contribution < -0.4 is 0 Å². The highest BCUT2D eigenvalue weighted by atomic mass is 16.5. The van der Waals surface area contributed by atoms with Gasteiger partial charge in [0.05, 0.1) is 5.92 Å². The van der Waals surface area contributed by atoms with Crippen LogP contribution in [0.2, 0.25) is 0 Å². The van der Waals surface area contributed by atoms with E-state index in [0.29, 0.717) is 19.0 Å². The molecule has 1 amide bonds. The molecule has 2 atom stereocenters. The summed E-state index contributed by atoms with van der Waals surface area (Å²) < 4.78 is 0. The molecule has 17 heavy (non-hydrogen) atoms. The molecular formula is C13H24N2O2. The van der Waals surface area contributed by atoms with Crippen LogP contribution in [0.15, 0.2) is 0 Å². The number of likely N-dealkylation sites (tertiary alicyclic amines) is 1. The Morgan fingerprint density at radius 1 is 1.24 bits per heavy atom. The molecular weight excluding hydrogens is 216 g/mol. The average molecular weight is 240 g/mol. The summed E-state index contributed by atoms with van der Waals surface area (Å²) in [4.78, 5) is 14.1. The summed E-state index contributed by atoms with van der Waals surface area (Å²) in [5.41, 5.74) is 0.148. The molecule has 0 bridgehead atoms. The number of piperidine rings is 1. The van der Waals surface area contributed by atoms with Gasteiger partial charge in [0.25, 0.3) is 0 Å². The summed E-state index contributed by atoms with van der Waals surface area (Å²) in [5.74, 6) is 0.610. The Bertz CT molecular complexity index is 294. The van der Waals surface area contributed by atoms with E-state index in [4.69, 9.17) is 0 Å². The molecule has 0 aromatic carbocycles. The van der Waals surface area contributed by atoms with Crippen molar-refractivity contribution in [3.63, 3.8) is 0 Å². The van der Waals surface area contributed by atoms with Crippen molar-refractivity contribution in [1.82, 2.24) is 9.96 Å². The molecule has 0 aromatic heterocycles. The van der Waals surface area contributed by atoms with Crippen molar-refractivity contribution in [2.75, 3.05) is 26.2 Å². The molecule has 98 valence electrons. The highest BCUT2D eigenvalue weighted by molar-refractivity contribution is 5.79. The minimum absolute atomic E-state index is 0.0155. The van der Waals surface area contributed by atoms with Gasteiger partial charge in [0.1, 0.15) is 0 Å². The molecule has 2 aliphatic rings. The van der Waals surface area contributed by atoms with E-state index < -0.39 is 0 Å². The fraction of sp³-hybridized carbons (Fsp3) is 0.923. The molecule has 2 unspecified atom stereocenters. The Balaban J connectivity index is 2.00. The van der Waals surface area contributed by atoms with Crippen molar-refractivity contribution in [1.29, 1.82) is 0 Å². The molecule has 0 aliphatic carbocycles. The van der Waals surface area contributed by atoms with Gasteiger partial charge in [-0.1, -0.05) is 20.8 Å². The zero-order valence-corrected chi connectivity index (χ0v) is 11.1. The van der Waals surface area contributed by atoms with Crippen molar-refractivity contribution in [3.05, 3.63) is 0 Å². The van der Waals surface area contributed by atoms with E-state index in [1.165, 1.54) is 5.06 Å². The summed E-state index contributed by atoms with van der Waals surface area (Å²) in [5, 5.41) is 11.1. The Hall–Kier alpha value is -0.610. The third kappa shape index (κ3) is 2.80. The molecule has 0 radical (unpaired) electrons. The number of rotatable bonds is 1. The highest BCUT2D eigenvalue weighted by Gasteiger charge is 2.38. The lowest BCUT2D eigenvalue weighted by molar-refractivity contribution is -0.165. The number of nitrogens with zero attached hydrogens (tertiary/aromatic N) is 2. The van der Waals surface area contributed by atoms with Crippen molar-refractivity contribution in [2.45, 2.75) is 33.6 Å². The van der Waals surface area contributed by atoms with Crippen molar-refractivity contribution in [3.8, 4) is 0 Å². The van der Waals surface area contributed by atoms with Crippen LogP contribution in [-0.4, -0.2) is 47.3 Å². The first-order valence-electron chi connectivity index (χ1n) is 6.60. The van der Waals surface area contributed by atoms with Gasteiger partial charge in [0, 0.05) is 26.2 Å². The quantitative estimate of drug-likeness (QED) is 0.757. The number of hydroxylamine groups is 2. The summed E-state index contributed by atoms with van der Waals surface area (Å²) in [7, 11) is 0. The standard InChI is InChI=1S/C13H24N2O2/c1-13(2,3)11-7-10(8-15(17)9-11)12(16)14-5-4-6-14/h10-11,17H,4-9H2,1-3H3. The smallest absolute Gasteiger partial charge is 0.227 e. The Morgan fingerprint density at radius 3 is 2.35 bits per heavy atom. The number of carbonyl (C=O) groups is 1. The van der Waals surface area contributed by atoms with Crippen LogP contribution >= 0.6 is 0 Å². The summed E-state index contributed by atoms with van der Waals surface area (Å²) in [6.07, 6.45) is 2.04. The first-order chi connectivity index (χ1) is 7.88. The molecule has 2 fully saturated rings. The maximum absolute atomic E-state index is 12.2. The fourth-order valence-corrected chi connectivity index (χ4v) is 2.68. The molecule has 2 heterocycles. The fourth-order valence-electron chi connectivity index (χ4n) is 2.68. The van der Waals surface area contributed by atoms with Gasteiger partial charge in [-0.3, -0.25) is 4.79 Å². The van der Waals surface area contributed by atoms with Gasteiger partial charge >= 0.3 is 0 Å². The Labute approximate surface area is 104 Å². The Morgan fingerprint density at radius 2 is 1.88 bits per heavy atom.